The van der Waals surface area contributed by atoms with E-state index in [1.807, 2.05) is 0 Å². The average molecular weight is 599 g/mol. The van der Waals surface area contributed by atoms with Crippen molar-refractivity contribution in [1.82, 2.24) is 9.97 Å². The highest BCUT2D eigenvalue weighted by Gasteiger charge is 2.42. The van der Waals surface area contributed by atoms with E-state index in [0.29, 0.717) is 37.7 Å². The predicted octanol–water partition coefficient (Wildman–Crippen LogP) is 6.98. The molecular formula is C31H37F3N4O3Si. The number of hydrogen-bond donors (Lipinski definition) is 1. The topological polar surface area (TPSA) is 76.6 Å². The third-order valence-electron chi connectivity index (χ3n) is 8.62. The molecule has 4 heterocycles. The minimum absolute atomic E-state index is 0.108. The van der Waals surface area contributed by atoms with Crippen LogP contribution in [0.15, 0.2) is 36.5 Å². The summed E-state index contributed by atoms with van der Waals surface area (Å²) < 4.78 is 56.0. The molecule has 1 amide bonds. The Kier molecular flexibility index (Phi) is 8.10. The van der Waals surface area contributed by atoms with Crippen LogP contribution < -0.4 is 15.0 Å². The Morgan fingerprint density at radius 3 is 2.50 bits per heavy atom. The molecule has 5 rings (SSSR count). The van der Waals surface area contributed by atoms with Gasteiger partial charge in [0.2, 0.25) is 5.88 Å². The van der Waals surface area contributed by atoms with Gasteiger partial charge in [-0.15, -0.1) is 0 Å². The summed E-state index contributed by atoms with van der Waals surface area (Å²) in [5.41, 5.74) is 0.808. The van der Waals surface area contributed by atoms with Gasteiger partial charge in [-0.25, -0.2) is 23.1 Å². The van der Waals surface area contributed by atoms with Crippen molar-refractivity contribution in [2.45, 2.75) is 64.8 Å². The Morgan fingerprint density at radius 1 is 1.12 bits per heavy atom. The molecule has 1 fully saturated rings. The monoisotopic (exact) mass is 598 g/mol. The maximum Gasteiger partial charge on any atom is 0.274 e. The van der Waals surface area contributed by atoms with Gasteiger partial charge >= 0.3 is 0 Å². The van der Waals surface area contributed by atoms with Crippen molar-refractivity contribution in [1.29, 1.82) is 0 Å². The number of carbonyl (C=O) groups excluding carboxylic acids is 1. The summed E-state index contributed by atoms with van der Waals surface area (Å²) in [6.07, 6.45) is 3.14. The molecule has 0 spiro atoms. The second-order valence-corrected chi connectivity index (χ2v) is 17.4. The number of amides is 1. The maximum absolute atomic E-state index is 14.6. The van der Waals surface area contributed by atoms with Crippen LogP contribution in [0, 0.1) is 23.4 Å². The van der Waals surface area contributed by atoms with Gasteiger partial charge in [-0.3, -0.25) is 4.79 Å². The first-order valence-electron chi connectivity index (χ1n) is 14.3. The van der Waals surface area contributed by atoms with Crippen molar-refractivity contribution >= 4 is 25.6 Å². The third-order valence-corrected chi connectivity index (χ3v) is 13.1. The van der Waals surface area contributed by atoms with E-state index in [-0.39, 0.29) is 22.8 Å². The van der Waals surface area contributed by atoms with Crippen LogP contribution in [0.5, 0.6) is 5.88 Å². The number of anilines is 2. The van der Waals surface area contributed by atoms with Gasteiger partial charge in [0.05, 0.1) is 35.8 Å². The Morgan fingerprint density at radius 2 is 1.83 bits per heavy atom. The fourth-order valence-electron chi connectivity index (χ4n) is 5.29. The Labute approximate surface area is 245 Å². The van der Waals surface area contributed by atoms with Gasteiger partial charge < -0.3 is 19.4 Å². The number of piperidine rings is 1. The quantitative estimate of drug-likeness (QED) is 0.309. The first kappa shape index (κ1) is 30.0. The predicted molar refractivity (Wildman–Crippen MR) is 159 cm³/mol. The van der Waals surface area contributed by atoms with Crippen molar-refractivity contribution in [3.05, 3.63) is 65.2 Å². The molecule has 7 nitrogen and oxygen atoms in total. The molecule has 42 heavy (non-hydrogen) atoms. The van der Waals surface area contributed by atoms with E-state index >= 15 is 0 Å². The summed E-state index contributed by atoms with van der Waals surface area (Å²) in [6.45, 7) is 15.3. The summed E-state index contributed by atoms with van der Waals surface area (Å²) in [5, 5.41) is 2.98. The molecule has 0 bridgehead atoms. The summed E-state index contributed by atoms with van der Waals surface area (Å²) in [5.74, 6) is -2.77. The minimum Gasteiger partial charge on any atom is -0.477 e. The molecule has 0 saturated carbocycles. The number of benzene rings is 1. The number of carbonyl (C=O) groups is 1. The number of ether oxygens (including phenoxy) is 1. The second-order valence-electron chi connectivity index (χ2n) is 12.6. The highest BCUT2D eigenvalue weighted by molar-refractivity contribution is 6.74. The first-order valence-corrected chi connectivity index (χ1v) is 17.2. The normalized spacial score (nSPS) is 18.9. The third kappa shape index (κ3) is 5.76. The van der Waals surface area contributed by atoms with Crippen LogP contribution in [0.3, 0.4) is 0 Å². The van der Waals surface area contributed by atoms with Crippen LogP contribution >= 0.6 is 0 Å². The largest absolute Gasteiger partial charge is 0.477 e. The zero-order valence-corrected chi connectivity index (χ0v) is 25.9. The molecule has 1 aromatic carbocycles. The van der Waals surface area contributed by atoms with Crippen LogP contribution in [-0.4, -0.2) is 50.0 Å². The smallest absolute Gasteiger partial charge is 0.274 e. The van der Waals surface area contributed by atoms with E-state index in [2.05, 4.69) is 61.0 Å². The lowest BCUT2D eigenvalue weighted by Crippen LogP contribution is -2.50. The number of halogens is 3. The van der Waals surface area contributed by atoms with Gasteiger partial charge in [0.1, 0.15) is 28.8 Å². The van der Waals surface area contributed by atoms with Gasteiger partial charge in [-0.05, 0) is 54.7 Å². The number of nitrogens with one attached hydrogen (secondary N) is 1. The van der Waals surface area contributed by atoms with E-state index in [4.69, 9.17) is 9.16 Å². The van der Waals surface area contributed by atoms with Crippen LogP contribution in [-0.2, 0) is 10.8 Å². The molecule has 1 saturated heterocycles. The maximum atomic E-state index is 14.6. The SMILES string of the molecule is C[C@H]1CN(c2c(NC(=O)c3ccc(F)c(-c4c(F)cccc4F)n3)cnc3c2CCO3)CC[C@H]1O[Si](C)(C)C(C)(C)C. The molecule has 11 heteroatoms. The summed E-state index contributed by atoms with van der Waals surface area (Å²) in [4.78, 5) is 24.1. The Balaban J connectivity index is 1.42. The lowest BCUT2D eigenvalue weighted by atomic mass is 9.95. The second kappa shape index (κ2) is 11.3. The van der Waals surface area contributed by atoms with Crippen molar-refractivity contribution in [3.63, 3.8) is 0 Å². The van der Waals surface area contributed by atoms with Crippen LogP contribution in [0.1, 0.15) is 50.2 Å². The number of hydrogen-bond acceptors (Lipinski definition) is 6. The van der Waals surface area contributed by atoms with Crippen LogP contribution in [0.25, 0.3) is 11.3 Å². The lowest BCUT2D eigenvalue weighted by Gasteiger charge is -2.45. The molecule has 2 aliphatic rings. The zero-order chi connectivity index (χ0) is 30.4. The van der Waals surface area contributed by atoms with Gasteiger partial charge in [0, 0.05) is 25.1 Å². The van der Waals surface area contributed by atoms with Crippen molar-refractivity contribution in [2.75, 3.05) is 29.9 Å². The van der Waals surface area contributed by atoms with E-state index in [1.165, 1.54) is 12.1 Å². The fraction of sp³-hybridized carbons (Fsp3) is 0.452. The summed E-state index contributed by atoms with van der Waals surface area (Å²) in [7, 11) is -1.95. The van der Waals surface area contributed by atoms with E-state index in [1.54, 1.807) is 6.20 Å². The first-order chi connectivity index (χ1) is 19.8. The zero-order valence-electron chi connectivity index (χ0n) is 24.9. The molecule has 2 aliphatic heterocycles. The molecule has 2 aromatic heterocycles. The molecule has 0 unspecified atom stereocenters. The van der Waals surface area contributed by atoms with Crippen LogP contribution in [0.2, 0.25) is 18.1 Å². The van der Waals surface area contributed by atoms with Gasteiger partial charge in [0.15, 0.2) is 8.32 Å². The minimum atomic E-state index is -1.95. The number of fused-ring (bicyclic) bond motifs is 1. The van der Waals surface area contributed by atoms with Gasteiger partial charge in [-0.1, -0.05) is 33.8 Å². The Bertz CT molecular complexity index is 1490. The van der Waals surface area contributed by atoms with E-state index in [9.17, 15) is 18.0 Å². The molecule has 2 atom stereocenters. The fourth-order valence-corrected chi connectivity index (χ4v) is 6.75. The van der Waals surface area contributed by atoms with E-state index < -0.39 is 42.9 Å². The van der Waals surface area contributed by atoms with Crippen molar-refractivity contribution in [3.8, 4) is 17.1 Å². The van der Waals surface area contributed by atoms with Crippen molar-refractivity contribution < 1.29 is 27.1 Å². The number of rotatable bonds is 6. The summed E-state index contributed by atoms with van der Waals surface area (Å²) >= 11 is 0. The van der Waals surface area contributed by atoms with Gasteiger partial charge in [0.25, 0.3) is 5.91 Å². The number of nitrogens with zero attached hydrogens (tertiary/aromatic N) is 3. The Hall–Kier alpha value is -3.44. The lowest BCUT2D eigenvalue weighted by molar-refractivity contribution is 0.102. The molecule has 224 valence electrons. The van der Waals surface area contributed by atoms with Crippen molar-refractivity contribution in [2.24, 2.45) is 5.92 Å². The highest BCUT2D eigenvalue weighted by Crippen LogP contribution is 2.42. The molecule has 3 aromatic rings. The average Bonchev–Trinajstić information content (AvgIpc) is 3.39. The molecule has 0 aliphatic carbocycles. The van der Waals surface area contributed by atoms with Crippen LogP contribution in [0.4, 0.5) is 24.5 Å². The standard InChI is InChI=1S/C31H37F3N4O3Si/c1-18-17-38(14-12-25(18)41-42(5,6)31(2,3)4)28-19-13-15-40-30(19)35-16-24(28)37-29(39)23-11-10-22(34)27(36-23)26-20(32)8-7-9-21(26)33/h7-11,16,18,25H,12-15,17H2,1-6H3,(H,37,39)/t18-,25+/m0/s1. The molecule has 0 radical (unpaired) electrons. The van der Waals surface area contributed by atoms with E-state index in [0.717, 1.165) is 35.9 Å². The molecule has 1 N–H and O–H groups in total. The summed E-state index contributed by atoms with van der Waals surface area (Å²) in [6, 6.07) is 5.37. The number of aromatic nitrogens is 2. The highest BCUT2D eigenvalue weighted by atomic mass is 28.4. The molecular weight excluding hydrogens is 561 g/mol. The number of pyridine rings is 2. The van der Waals surface area contributed by atoms with Gasteiger partial charge in [-0.2, -0.15) is 0 Å².